The number of hydrogen-bond donors (Lipinski definition) is 1. The van der Waals surface area contributed by atoms with Crippen molar-refractivity contribution in [3.63, 3.8) is 0 Å². The maximum Gasteiger partial charge on any atom is 0.306 e. The van der Waals surface area contributed by atoms with Crippen LogP contribution in [0, 0.1) is 0 Å². The molecule has 6 heteroatoms. The number of carbonyl (C=O) groups is 2. The number of aliphatic carboxylic acids is 1. The third kappa shape index (κ3) is 6.31. The fourth-order valence-electron chi connectivity index (χ4n) is 2.68. The zero-order valence-corrected chi connectivity index (χ0v) is 14.6. The molecule has 1 aromatic rings. The Balaban J connectivity index is 1.67. The van der Waals surface area contributed by atoms with E-state index in [1.807, 2.05) is 12.1 Å². The maximum absolute atomic E-state index is 12.2. The minimum Gasteiger partial charge on any atom is -0.481 e. The van der Waals surface area contributed by atoms with Gasteiger partial charge in [0.15, 0.2) is 0 Å². The second-order valence-corrected chi connectivity index (χ2v) is 6.68. The molecule has 0 aliphatic carbocycles. The van der Waals surface area contributed by atoms with Crippen LogP contribution in [-0.4, -0.2) is 47.7 Å². The second kappa shape index (κ2) is 9.03. The lowest BCUT2D eigenvalue weighted by Crippen LogP contribution is -2.46. The van der Waals surface area contributed by atoms with E-state index >= 15 is 0 Å². The first-order valence-electron chi connectivity index (χ1n) is 7.90. The van der Waals surface area contributed by atoms with Gasteiger partial charge < -0.3 is 14.7 Å². The SMILES string of the molecule is O=C(O)CC1CN(C(=O)CCCCc2ccc(Br)cc2)CCO1. The van der Waals surface area contributed by atoms with Crippen LogP contribution >= 0.6 is 15.9 Å². The number of ether oxygens (including phenoxy) is 1. The molecular formula is C17H22BrNO4. The molecule has 126 valence electrons. The van der Waals surface area contributed by atoms with Gasteiger partial charge in [-0.3, -0.25) is 9.59 Å². The van der Waals surface area contributed by atoms with Crippen LogP contribution in [0.3, 0.4) is 0 Å². The van der Waals surface area contributed by atoms with Gasteiger partial charge in [0.05, 0.1) is 19.1 Å². The molecule has 1 aromatic carbocycles. The molecule has 1 aliphatic rings. The largest absolute Gasteiger partial charge is 0.481 e. The number of aryl methyl sites for hydroxylation is 1. The Morgan fingerprint density at radius 3 is 2.70 bits per heavy atom. The number of halogens is 1. The lowest BCUT2D eigenvalue weighted by Gasteiger charge is -2.32. The Labute approximate surface area is 144 Å². The van der Waals surface area contributed by atoms with Crippen LogP contribution in [0.25, 0.3) is 0 Å². The van der Waals surface area contributed by atoms with Crippen LogP contribution in [0.1, 0.15) is 31.2 Å². The molecule has 1 atom stereocenters. The highest BCUT2D eigenvalue weighted by atomic mass is 79.9. The van der Waals surface area contributed by atoms with E-state index in [2.05, 4.69) is 28.1 Å². The number of unbranched alkanes of at least 4 members (excludes halogenated alkanes) is 1. The Morgan fingerprint density at radius 1 is 1.26 bits per heavy atom. The van der Waals surface area contributed by atoms with Gasteiger partial charge >= 0.3 is 5.97 Å². The summed E-state index contributed by atoms with van der Waals surface area (Å²) in [5, 5.41) is 8.80. The molecule has 1 heterocycles. The van der Waals surface area contributed by atoms with E-state index in [0.29, 0.717) is 26.1 Å². The van der Waals surface area contributed by atoms with Gasteiger partial charge in [-0.05, 0) is 37.0 Å². The van der Waals surface area contributed by atoms with Crippen LogP contribution in [0.2, 0.25) is 0 Å². The lowest BCUT2D eigenvalue weighted by molar-refractivity contribution is -0.147. The smallest absolute Gasteiger partial charge is 0.306 e. The van der Waals surface area contributed by atoms with E-state index in [-0.39, 0.29) is 18.4 Å². The van der Waals surface area contributed by atoms with E-state index in [1.165, 1.54) is 5.56 Å². The van der Waals surface area contributed by atoms with Crippen molar-refractivity contribution in [1.82, 2.24) is 4.90 Å². The molecule has 1 aliphatic heterocycles. The van der Waals surface area contributed by atoms with Gasteiger partial charge in [-0.2, -0.15) is 0 Å². The van der Waals surface area contributed by atoms with Gasteiger partial charge in [-0.25, -0.2) is 0 Å². The van der Waals surface area contributed by atoms with E-state index in [4.69, 9.17) is 9.84 Å². The number of carbonyl (C=O) groups excluding carboxylic acids is 1. The molecule has 0 saturated carbocycles. The van der Waals surface area contributed by atoms with Crippen molar-refractivity contribution in [2.75, 3.05) is 19.7 Å². The van der Waals surface area contributed by atoms with Crippen LogP contribution in [0.15, 0.2) is 28.7 Å². The Morgan fingerprint density at radius 2 is 2.00 bits per heavy atom. The molecule has 0 bridgehead atoms. The predicted molar refractivity (Wildman–Crippen MR) is 90.3 cm³/mol. The number of rotatable bonds is 7. The van der Waals surface area contributed by atoms with Crippen molar-refractivity contribution in [2.24, 2.45) is 0 Å². The number of benzene rings is 1. The highest BCUT2D eigenvalue weighted by Crippen LogP contribution is 2.14. The van der Waals surface area contributed by atoms with Crippen LogP contribution in [0.5, 0.6) is 0 Å². The van der Waals surface area contributed by atoms with Crippen LogP contribution in [0.4, 0.5) is 0 Å². The summed E-state index contributed by atoms with van der Waals surface area (Å²) in [7, 11) is 0. The van der Waals surface area contributed by atoms with Crippen molar-refractivity contribution >= 4 is 27.8 Å². The van der Waals surface area contributed by atoms with Crippen molar-refractivity contribution in [3.05, 3.63) is 34.3 Å². The third-order valence-corrected chi connectivity index (χ3v) is 4.44. The summed E-state index contributed by atoms with van der Waals surface area (Å²) in [6, 6.07) is 8.22. The number of nitrogens with zero attached hydrogens (tertiary/aromatic N) is 1. The van der Waals surface area contributed by atoms with Crippen molar-refractivity contribution in [1.29, 1.82) is 0 Å². The summed E-state index contributed by atoms with van der Waals surface area (Å²) < 4.78 is 6.45. The Hall–Kier alpha value is -1.40. The molecule has 5 nitrogen and oxygen atoms in total. The second-order valence-electron chi connectivity index (χ2n) is 5.76. The molecule has 0 radical (unpaired) electrons. The first kappa shape index (κ1) is 17.9. The molecule has 1 N–H and O–H groups in total. The number of morpholine rings is 1. The minimum atomic E-state index is -0.890. The average molecular weight is 384 g/mol. The normalized spacial score (nSPS) is 18.0. The monoisotopic (exact) mass is 383 g/mol. The summed E-state index contributed by atoms with van der Waals surface area (Å²) in [5.41, 5.74) is 1.27. The lowest BCUT2D eigenvalue weighted by atomic mass is 10.1. The summed E-state index contributed by atoms with van der Waals surface area (Å²) in [4.78, 5) is 24.7. The van der Waals surface area contributed by atoms with Crippen molar-refractivity contribution in [3.8, 4) is 0 Å². The molecule has 0 aromatic heterocycles. The summed E-state index contributed by atoms with van der Waals surface area (Å²) >= 11 is 3.41. The fourth-order valence-corrected chi connectivity index (χ4v) is 2.94. The molecular weight excluding hydrogens is 362 g/mol. The van der Waals surface area contributed by atoms with E-state index in [1.54, 1.807) is 4.90 Å². The fraction of sp³-hybridized carbons (Fsp3) is 0.529. The quantitative estimate of drug-likeness (QED) is 0.735. The Kier molecular flexibility index (Phi) is 7.05. The molecule has 1 amide bonds. The van der Waals surface area contributed by atoms with E-state index in [9.17, 15) is 9.59 Å². The zero-order chi connectivity index (χ0) is 16.7. The highest BCUT2D eigenvalue weighted by Gasteiger charge is 2.25. The molecule has 1 saturated heterocycles. The van der Waals surface area contributed by atoms with E-state index in [0.717, 1.165) is 23.7 Å². The number of carboxylic acids is 1. The first-order chi connectivity index (χ1) is 11.0. The third-order valence-electron chi connectivity index (χ3n) is 3.91. The maximum atomic E-state index is 12.2. The highest BCUT2D eigenvalue weighted by molar-refractivity contribution is 9.10. The van der Waals surface area contributed by atoms with Gasteiger partial charge in [-0.15, -0.1) is 0 Å². The Bertz CT molecular complexity index is 532. The molecule has 2 rings (SSSR count). The predicted octanol–water partition coefficient (Wildman–Crippen LogP) is 2.86. The number of carboxylic acid groups (broad SMARTS) is 1. The van der Waals surface area contributed by atoms with Crippen LogP contribution in [-0.2, 0) is 20.7 Å². The standard InChI is InChI=1S/C17H22BrNO4/c18-14-7-5-13(6-8-14)3-1-2-4-16(20)19-9-10-23-15(12-19)11-17(21)22/h5-8,15H,1-4,9-12H2,(H,21,22). The summed E-state index contributed by atoms with van der Waals surface area (Å²) in [6.45, 7) is 1.36. The average Bonchev–Trinajstić information content (AvgIpc) is 2.52. The zero-order valence-electron chi connectivity index (χ0n) is 13.0. The van der Waals surface area contributed by atoms with Gasteiger partial charge in [0, 0.05) is 24.0 Å². The molecule has 1 fully saturated rings. The topological polar surface area (TPSA) is 66.8 Å². The summed E-state index contributed by atoms with van der Waals surface area (Å²) in [5.74, 6) is -0.793. The molecule has 23 heavy (non-hydrogen) atoms. The van der Waals surface area contributed by atoms with Gasteiger partial charge in [0.2, 0.25) is 5.91 Å². The summed E-state index contributed by atoms with van der Waals surface area (Å²) in [6.07, 6.45) is 2.86. The first-order valence-corrected chi connectivity index (χ1v) is 8.69. The van der Waals surface area contributed by atoms with Gasteiger partial charge in [0.25, 0.3) is 0 Å². The van der Waals surface area contributed by atoms with Gasteiger partial charge in [0.1, 0.15) is 0 Å². The molecule has 1 unspecified atom stereocenters. The van der Waals surface area contributed by atoms with E-state index < -0.39 is 5.97 Å². The van der Waals surface area contributed by atoms with Gasteiger partial charge in [-0.1, -0.05) is 28.1 Å². The van der Waals surface area contributed by atoms with Crippen molar-refractivity contribution < 1.29 is 19.4 Å². The minimum absolute atomic E-state index is 0.0483. The van der Waals surface area contributed by atoms with Crippen LogP contribution < -0.4 is 0 Å². The van der Waals surface area contributed by atoms with Crippen molar-refractivity contribution in [2.45, 2.75) is 38.2 Å². The molecule has 0 spiro atoms. The number of hydrogen-bond acceptors (Lipinski definition) is 3. The number of amides is 1.